The summed E-state index contributed by atoms with van der Waals surface area (Å²) in [5.41, 5.74) is 1.43. The molecule has 18 heavy (non-hydrogen) atoms. The lowest BCUT2D eigenvalue weighted by Crippen LogP contribution is -2.30. The van der Waals surface area contributed by atoms with Gasteiger partial charge in [0.1, 0.15) is 0 Å². The number of nitrogens with zero attached hydrogens (tertiary/aromatic N) is 1. The molecule has 4 nitrogen and oxygen atoms in total. The Bertz CT molecular complexity index is 458. The van der Waals surface area contributed by atoms with Gasteiger partial charge in [0.05, 0.1) is 17.7 Å². The predicted octanol–water partition coefficient (Wildman–Crippen LogP) is 1.46. The Morgan fingerprint density at radius 2 is 2.17 bits per heavy atom. The zero-order valence-electron chi connectivity index (χ0n) is 10.3. The molecule has 0 aliphatic carbocycles. The van der Waals surface area contributed by atoms with E-state index < -0.39 is 6.10 Å². The minimum absolute atomic E-state index is 0.244. The van der Waals surface area contributed by atoms with Crippen LogP contribution in [0.4, 0.5) is 0 Å². The summed E-state index contributed by atoms with van der Waals surface area (Å²) in [6.45, 7) is 2.11. The van der Waals surface area contributed by atoms with Crippen LogP contribution in [-0.2, 0) is 4.79 Å². The second-order valence-corrected chi connectivity index (χ2v) is 3.87. The molecule has 4 heteroatoms. The highest BCUT2D eigenvalue weighted by Gasteiger charge is 2.01. The van der Waals surface area contributed by atoms with Crippen molar-refractivity contribution in [1.29, 1.82) is 5.26 Å². The van der Waals surface area contributed by atoms with Gasteiger partial charge >= 0.3 is 0 Å². The molecule has 0 heterocycles. The van der Waals surface area contributed by atoms with E-state index >= 15 is 0 Å². The molecule has 0 spiro atoms. The summed E-state index contributed by atoms with van der Waals surface area (Å²) in [5.74, 6) is -0.244. The van der Waals surface area contributed by atoms with Gasteiger partial charge in [-0.25, -0.2) is 0 Å². The fourth-order valence-corrected chi connectivity index (χ4v) is 1.26. The van der Waals surface area contributed by atoms with Crippen LogP contribution in [0.3, 0.4) is 0 Å². The van der Waals surface area contributed by atoms with E-state index in [1.807, 2.05) is 13.0 Å². The van der Waals surface area contributed by atoms with Gasteiger partial charge in [-0.05, 0) is 30.2 Å². The van der Waals surface area contributed by atoms with E-state index in [9.17, 15) is 9.90 Å². The molecule has 0 bridgehead atoms. The predicted molar refractivity (Wildman–Crippen MR) is 69.5 cm³/mol. The first-order valence-electron chi connectivity index (χ1n) is 5.80. The first kappa shape index (κ1) is 13.9. The number of carbonyl (C=O) groups excluding carboxylic acids is 1. The molecule has 0 saturated heterocycles. The van der Waals surface area contributed by atoms with Crippen LogP contribution in [0.2, 0.25) is 0 Å². The number of aliphatic hydroxyl groups excluding tert-OH is 1. The standard InChI is InChI=1S/C14H16N2O2/c1-2-13(17)10-16-14(18)8-7-11-3-5-12(9-15)6-4-11/h3-8,13,17H,2,10H2,1H3,(H,16,18)/b8-7+. The third-order valence-electron chi connectivity index (χ3n) is 2.45. The second kappa shape index (κ2) is 7.25. The van der Waals surface area contributed by atoms with Crippen LogP contribution >= 0.6 is 0 Å². The maximum atomic E-state index is 11.4. The molecule has 0 aromatic heterocycles. The third-order valence-corrected chi connectivity index (χ3v) is 2.45. The van der Waals surface area contributed by atoms with Crippen molar-refractivity contribution in [2.24, 2.45) is 0 Å². The average molecular weight is 244 g/mol. The SMILES string of the molecule is CCC(O)CNC(=O)/C=C/c1ccc(C#N)cc1. The molecule has 2 N–H and O–H groups in total. The van der Waals surface area contributed by atoms with Gasteiger partial charge in [-0.15, -0.1) is 0 Å². The fraction of sp³-hybridized carbons (Fsp3) is 0.286. The molecule has 0 aliphatic heterocycles. The number of hydrogen-bond donors (Lipinski definition) is 2. The summed E-state index contributed by atoms with van der Waals surface area (Å²) in [6.07, 6.45) is 3.18. The van der Waals surface area contributed by atoms with Gasteiger partial charge < -0.3 is 10.4 Å². The van der Waals surface area contributed by atoms with Gasteiger partial charge in [-0.3, -0.25) is 4.79 Å². The molecule has 94 valence electrons. The summed E-state index contributed by atoms with van der Waals surface area (Å²) in [6, 6.07) is 8.95. The van der Waals surface area contributed by atoms with Gasteiger partial charge in [-0.1, -0.05) is 19.1 Å². The average Bonchev–Trinajstić information content (AvgIpc) is 2.42. The van der Waals surface area contributed by atoms with Crippen LogP contribution in [0.15, 0.2) is 30.3 Å². The number of nitriles is 1. The number of carbonyl (C=O) groups is 1. The molecule has 1 aromatic rings. The minimum atomic E-state index is -0.503. The summed E-state index contributed by atoms with van der Waals surface area (Å²) < 4.78 is 0. The molecule has 1 amide bonds. The highest BCUT2D eigenvalue weighted by Crippen LogP contribution is 2.04. The van der Waals surface area contributed by atoms with Crippen LogP contribution in [0, 0.1) is 11.3 Å². The van der Waals surface area contributed by atoms with Crippen molar-refractivity contribution in [3.8, 4) is 6.07 Å². The van der Waals surface area contributed by atoms with E-state index in [1.54, 1.807) is 30.3 Å². The first-order valence-corrected chi connectivity index (χ1v) is 5.80. The zero-order valence-corrected chi connectivity index (χ0v) is 10.3. The lowest BCUT2D eigenvalue weighted by Gasteiger charge is -2.07. The van der Waals surface area contributed by atoms with E-state index in [0.717, 1.165) is 5.56 Å². The Balaban J connectivity index is 2.48. The van der Waals surface area contributed by atoms with Gasteiger partial charge in [-0.2, -0.15) is 5.26 Å². The Morgan fingerprint density at radius 3 is 2.72 bits per heavy atom. The smallest absolute Gasteiger partial charge is 0.244 e. The molecular formula is C14H16N2O2. The molecule has 0 radical (unpaired) electrons. The van der Waals surface area contributed by atoms with Crippen molar-refractivity contribution in [2.75, 3.05) is 6.54 Å². The van der Waals surface area contributed by atoms with Crippen molar-refractivity contribution in [2.45, 2.75) is 19.4 Å². The van der Waals surface area contributed by atoms with Crippen molar-refractivity contribution in [3.05, 3.63) is 41.5 Å². The minimum Gasteiger partial charge on any atom is -0.391 e. The number of nitrogens with one attached hydrogen (secondary N) is 1. The summed E-state index contributed by atoms with van der Waals surface area (Å²) >= 11 is 0. The van der Waals surface area contributed by atoms with Gasteiger partial charge in [0.25, 0.3) is 0 Å². The van der Waals surface area contributed by atoms with E-state index in [4.69, 9.17) is 5.26 Å². The van der Waals surface area contributed by atoms with Gasteiger partial charge in [0, 0.05) is 12.6 Å². The van der Waals surface area contributed by atoms with Crippen molar-refractivity contribution >= 4 is 12.0 Å². The molecule has 1 rings (SSSR count). The van der Waals surface area contributed by atoms with Crippen LogP contribution in [0.5, 0.6) is 0 Å². The van der Waals surface area contributed by atoms with E-state index in [2.05, 4.69) is 5.32 Å². The van der Waals surface area contributed by atoms with E-state index in [-0.39, 0.29) is 12.5 Å². The van der Waals surface area contributed by atoms with E-state index in [0.29, 0.717) is 12.0 Å². The van der Waals surface area contributed by atoms with Gasteiger partial charge in [0.15, 0.2) is 0 Å². The summed E-state index contributed by atoms with van der Waals surface area (Å²) in [4.78, 5) is 11.4. The summed E-state index contributed by atoms with van der Waals surface area (Å²) in [7, 11) is 0. The monoisotopic (exact) mass is 244 g/mol. The quantitative estimate of drug-likeness (QED) is 0.770. The van der Waals surface area contributed by atoms with Crippen LogP contribution in [-0.4, -0.2) is 23.7 Å². The van der Waals surface area contributed by atoms with Crippen molar-refractivity contribution < 1.29 is 9.90 Å². The van der Waals surface area contributed by atoms with E-state index in [1.165, 1.54) is 6.08 Å². The molecule has 1 atom stereocenters. The first-order chi connectivity index (χ1) is 8.65. The summed E-state index contributed by atoms with van der Waals surface area (Å²) in [5, 5.41) is 20.5. The lowest BCUT2D eigenvalue weighted by molar-refractivity contribution is -0.116. The number of benzene rings is 1. The Hall–Kier alpha value is -2.12. The fourth-order valence-electron chi connectivity index (χ4n) is 1.26. The molecule has 0 saturated carbocycles. The Labute approximate surface area is 107 Å². The van der Waals surface area contributed by atoms with Crippen LogP contribution in [0.1, 0.15) is 24.5 Å². The van der Waals surface area contributed by atoms with Crippen LogP contribution in [0.25, 0.3) is 6.08 Å². The molecule has 0 aliphatic rings. The molecule has 0 fully saturated rings. The maximum absolute atomic E-state index is 11.4. The molecule has 1 unspecified atom stereocenters. The zero-order chi connectivity index (χ0) is 13.4. The largest absolute Gasteiger partial charge is 0.391 e. The van der Waals surface area contributed by atoms with Crippen LogP contribution < -0.4 is 5.32 Å². The lowest BCUT2D eigenvalue weighted by atomic mass is 10.1. The maximum Gasteiger partial charge on any atom is 0.244 e. The van der Waals surface area contributed by atoms with Crippen molar-refractivity contribution in [3.63, 3.8) is 0 Å². The second-order valence-electron chi connectivity index (χ2n) is 3.87. The molecule has 1 aromatic carbocycles. The molecular weight excluding hydrogens is 228 g/mol. The number of hydrogen-bond acceptors (Lipinski definition) is 3. The number of rotatable bonds is 5. The highest BCUT2D eigenvalue weighted by atomic mass is 16.3. The third kappa shape index (κ3) is 4.81. The Morgan fingerprint density at radius 1 is 1.50 bits per heavy atom. The topological polar surface area (TPSA) is 73.1 Å². The highest BCUT2D eigenvalue weighted by molar-refractivity contribution is 5.91. The Kier molecular flexibility index (Phi) is 5.62. The number of amides is 1. The van der Waals surface area contributed by atoms with Gasteiger partial charge in [0.2, 0.25) is 5.91 Å². The number of aliphatic hydroxyl groups is 1. The normalized spacial score (nSPS) is 12.1. The van der Waals surface area contributed by atoms with Crippen molar-refractivity contribution in [1.82, 2.24) is 5.32 Å².